The number of carboxylic acid groups (broad SMARTS) is 1. The van der Waals surface area contributed by atoms with Gasteiger partial charge in [0.15, 0.2) is 11.6 Å². The SMILES string of the molecule is Nc1ccc(Oc2cc(NC(=O)O)ncn2)c(F)c1. The standard InChI is InChI=1S/C11H9FN4O3/c12-7-3-6(13)1-2-8(7)19-10-4-9(14-5-15-10)16-11(17)18/h1-5H,13H2,(H,17,18)(H,14,15,16). The van der Waals surface area contributed by atoms with Crippen molar-refractivity contribution < 1.29 is 19.0 Å². The molecule has 1 amide bonds. The van der Waals surface area contributed by atoms with E-state index in [9.17, 15) is 9.18 Å². The molecular formula is C11H9FN4O3. The number of hydrogen-bond donors (Lipinski definition) is 3. The van der Waals surface area contributed by atoms with E-state index in [4.69, 9.17) is 15.6 Å². The second kappa shape index (κ2) is 5.17. The summed E-state index contributed by atoms with van der Waals surface area (Å²) in [7, 11) is 0. The average molecular weight is 264 g/mol. The quantitative estimate of drug-likeness (QED) is 0.732. The first-order valence-electron chi connectivity index (χ1n) is 5.09. The number of amides is 1. The zero-order valence-corrected chi connectivity index (χ0v) is 9.50. The highest BCUT2D eigenvalue weighted by molar-refractivity contribution is 5.81. The van der Waals surface area contributed by atoms with E-state index in [1.54, 1.807) is 0 Å². The Morgan fingerprint density at radius 2 is 2.16 bits per heavy atom. The summed E-state index contributed by atoms with van der Waals surface area (Å²) in [6.45, 7) is 0. The number of ether oxygens (including phenoxy) is 1. The molecule has 0 bridgehead atoms. The molecule has 2 rings (SSSR count). The molecule has 98 valence electrons. The van der Waals surface area contributed by atoms with Crippen LogP contribution in [0.4, 0.5) is 20.7 Å². The molecule has 0 aliphatic carbocycles. The van der Waals surface area contributed by atoms with Gasteiger partial charge in [-0.2, -0.15) is 0 Å². The maximum absolute atomic E-state index is 13.5. The first-order valence-corrected chi connectivity index (χ1v) is 5.09. The summed E-state index contributed by atoms with van der Waals surface area (Å²) in [6, 6.07) is 5.14. The highest BCUT2D eigenvalue weighted by atomic mass is 19.1. The number of nitrogen functional groups attached to an aromatic ring is 1. The Balaban J connectivity index is 2.21. The molecule has 1 heterocycles. The monoisotopic (exact) mass is 264 g/mol. The van der Waals surface area contributed by atoms with Crippen LogP contribution >= 0.6 is 0 Å². The van der Waals surface area contributed by atoms with Crippen LogP contribution in [0, 0.1) is 5.82 Å². The molecule has 7 nitrogen and oxygen atoms in total. The van der Waals surface area contributed by atoms with Crippen molar-refractivity contribution in [1.29, 1.82) is 0 Å². The fourth-order valence-electron chi connectivity index (χ4n) is 1.29. The van der Waals surface area contributed by atoms with Crippen LogP contribution in [-0.4, -0.2) is 21.2 Å². The number of nitrogens with zero attached hydrogens (tertiary/aromatic N) is 2. The predicted octanol–water partition coefficient (Wildman–Crippen LogP) is 2.08. The zero-order valence-electron chi connectivity index (χ0n) is 9.50. The molecule has 0 saturated heterocycles. The van der Waals surface area contributed by atoms with Crippen LogP contribution in [-0.2, 0) is 0 Å². The molecule has 0 aliphatic heterocycles. The van der Waals surface area contributed by atoms with E-state index in [1.807, 2.05) is 5.32 Å². The summed E-state index contributed by atoms with van der Waals surface area (Å²) in [5.74, 6) is -0.698. The summed E-state index contributed by atoms with van der Waals surface area (Å²) in [5, 5.41) is 10.6. The fraction of sp³-hybridized carbons (Fsp3) is 0. The van der Waals surface area contributed by atoms with Crippen molar-refractivity contribution in [2.45, 2.75) is 0 Å². The minimum absolute atomic E-state index is 0.00224. The Kier molecular flexibility index (Phi) is 3.42. The number of nitrogens with two attached hydrogens (primary N) is 1. The van der Waals surface area contributed by atoms with Gasteiger partial charge in [-0.25, -0.2) is 19.2 Å². The van der Waals surface area contributed by atoms with Gasteiger partial charge in [0.1, 0.15) is 12.1 Å². The lowest BCUT2D eigenvalue weighted by Gasteiger charge is -2.07. The third-order valence-electron chi connectivity index (χ3n) is 2.05. The van der Waals surface area contributed by atoms with Crippen molar-refractivity contribution in [3.63, 3.8) is 0 Å². The first kappa shape index (κ1) is 12.6. The van der Waals surface area contributed by atoms with Crippen LogP contribution in [0.3, 0.4) is 0 Å². The molecule has 4 N–H and O–H groups in total. The van der Waals surface area contributed by atoms with Gasteiger partial charge in [0, 0.05) is 17.8 Å². The second-order valence-electron chi connectivity index (χ2n) is 3.46. The number of nitrogens with one attached hydrogen (secondary N) is 1. The van der Waals surface area contributed by atoms with Gasteiger partial charge in [-0.05, 0) is 12.1 Å². The molecule has 0 fully saturated rings. The van der Waals surface area contributed by atoms with Crippen LogP contribution in [0.25, 0.3) is 0 Å². The summed E-state index contributed by atoms with van der Waals surface area (Å²) >= 11 is 0. The first-order chi connectivity index (χ1) is 9.04. The Morgan fingerprint density at radius 1 is 1.37 bits per heavy atom. The lowest BCUT2D eigenvalue weighted by Crippen LogP contribution is -2.08. The topological polar surface area (TPSA) is 110 Å². The van der Waals surface area contributed by atoms with Crippen molar-refractivity contribution in [2.75, 3.05) is 11.1 Å². The van der Waals surface area contributed by atoms with E-state index in [0.29, 0.717) is 0 Å². The van der Waals surface area contributed by atoms with Gasteiger partial charge in [-0.1, -0.05) is 0 Å². The lowest BCUT2D eigenvalue weighted by atomic mass is 10.3. The van der Waals surface area contributed by atoms with Gasteiger partial charge in [0.05, 0.1) is 0 Å². The Hall–Kier alpha value is -2.90. The van der Waals surface area contributed by atoms with E-state index < -0.39 is 11.9 Å². The minimum atomic E-state index is -1.27. The molecule has 8 heteroatoms. The number of halogens is 1. The Labute approximate surface area is 106 Å². The van der Waals surface area contributed by atoms with Gasteiger partial charge >= 0.3 is 6.09 Å². The number of rotatable bonds is 3. The minimum Gasteiger partial charge on any atom is -0.465 e. The third-order valence-corrected chi connectivity index (χ3v) is 2.05. The third kappa shape index (κ3) is 3.28. The van der Waals surface area contributed by atoms with E-state index in [-0.39, 0.29) is 23.1 Å². The van der Waals surface area contributed by atoms with Crippen molar-refractivity contribution in [1.82, 2.24) is 9.97 Å². The van der Waals surface area contributed by atoms with E-state index in [1.165, 1.54) is 18.2 Å². The van der Waals surface area contributed by atoms with E-state index in [2.05, 4.69) is 9.97 Å². The van der Waals surface area contributed by atoms with Gasteiger partial charge in [-0.3, -0.25) is 5.32 Å². The highest BCUT2D eigenvalue weighted by Crippen LogP contribution is 2.25. The molecule has 2 aromatic rings. The maximum atomic E-state index is 13.5. The number of carbonyl (C=O) groups is 1. The van der Waals surface area contributed by atoms with E-state index in [0.717, 1.165) is 12.4 Å². The highest BCUT2D eigenvalue weighted by Gasteiger charge is 2.08. The molecule has 0 aliphatic rings. The zero-order chi connectivity index (χ0) is 13.8. The number of anilines is 2. The van der Waals surface area contributed by atoms with Gasteiger partial charge < -0.3 is 15.6 Å². The van der Waals surface area contributed by atoms with Crippen LogP contribution in [0.2, 0.25) is 0 Å². The largest absolute Gasteiger partial charge is 0.465 e. The molecule has 0 atom stereocenters. The Bertz CT molecular complexity index is 621. The molecule has 0 saturated carbocycles. The molecular weight excluding hydrogens is 255 g/mol. The van der Waals surface area contributed by atoms with E-state index >= 15 is 0 Å². The van der Waals surface area contributed by atoms with Crippen LogP contribution in [0.5, 0.6) is 11.6 Å². The van der Waals surface area contributed by atoms with Crippen molar-refractivity contribution in [3.05, 3.63) is 36.4 Å². The lowest BCUT2D eigenvalue weighted by molar-refractivity contribution is 0.209. The van der Waals surface area contributed by atoms with Gasteiger partial charge in [-0.15, -0.1) is 0 Å². The summed E-state index contributed by atoms with van der Waals surface area (Å²) in [4.78, 5) is 17.8. The fourth-order valence-corrected chi connectivity index (χ4v) is 1.29. The molecule has 1 aromatic heterocycles. The smallest absolute Gasteiger partial charge is 0.410 e. The normalized spacial score (nSPS) is 9.95. The molecule has 0 radical (unpaired) electrons. The number of aromatic nitrogens is 2. The van der Waals surface area contributed by atoms with Crippen molar-refractivity contribution in [2.24, 2.45) is 0 Å². The molecule has 0 unspecified atom stereocenters. The van der Waals surface area contributed by atoms with Gasteiger partial charge in [0.2, 0.25) is 5.88 Å². The number of hydrogen-bond acceptors (Lipinski definition) is 5. The summed E-state index contributed by atoms with van der Waals surface area (Å²) in [6.07, 6.45) is -0.182. The van der Waals surface area contributed by atoms with Crippen LogP contribution < -0.4 is 15.8 Å². The predicted molar refractivity (Wildman–Crippen MR) is 64.6 cm³/mol. The Morgan fingerprint density at radius 3 is 2.84 bits per heavy atom. The second-order valence-corrected chi connectivity index (χ2v) is 3.46. The summed E-state index contributed by atoms with van der Waals surface area (Å²) < 4.78 is 18.7. The average Bonchev–Trinajstić information content (AvgIpc) is 2.32. The molecule has 19 heavy (non-hydrogen) atoms. The maximum Gasteiger partial charge on any atom is 0.410 e. The van der Waals surface area contributed by atoms with Crippen molar-refractivity contribution >= 4 is 17.6 Å². The van der Waals surface area contributed by atoms with Gasteiger partial charge in [0.25, 0.3) is 0 Å². The van der Waals surface area contributed by atoms with Crippen LogP contribution in [0.15, 0.2) is 30.6 Å². The summed E-state index contributed by atoms with van der Waals surface area (Å²) in [5.41, 5.74) is 5.67. The molecule has 1 aromatic carbocycles. The van der Waals surface area contributed by atoms with Crippen LogP contribution in [0.1, 0.15) is 0 Å². The van der Waals surface area contributed by atoms with Crippen molar-refractivity contribution in [3.8, 4) is 11.6 Å². The number of benzene rings is 1. The molecule has 0 spiro atoms.